The number of hydrogen-bond donors (Lipinski definition) is 1. The van der Waals surface area contributed by atoms with Crippen LogP contribution >= 0.6 is 0 Å². The summed E-state index contributed by atoms with van der Waals surface area (Å²) >= 11 is 0. The molecule has 1 heterocycles. The van der Waals surface area contributed by atoms with Crippen molar-refractivity contribution >= 4 is 7.25 Å². The average molecular weight is 230 g/mol. The number of aliphatic hydroxyl groups excluding tert-OH is 1. The summed E-state index contributed by atoms with van der Waals surface area (Å²) in [6.45, 7) is 2.20. The molecule has 0 aliphatic carbocycles. The molecule has 0 amide bonds. The Morgan fingerprint density at radius 1 is 1.33 bits per heavy atom. The standard InChI is InChI=1S/C7H14N2O.BF4/c1-8-4-5-9(7-8)3-2-6-10;2-1(3,4)5/h4-5,10H,2-3,6-7H2,1H3;/q;-1/p+1. The van der Waals surface area contributed by atoms with Gasteiger partial charge in [-0.15, -0.1) is 0 Å². The molecule has 0 unspecified atom stereocenters. The minimum absolute atomic E-state index is 0. The van der Waals surface area contributed by atoms with Crippen molar-refractivity contribution in [3.05, 3.63) is 12.4 Å². The fourth-order valence-electron chi connectivity index (χ4n) is 1.01. The zero-order chi connectivity index (χ0) is 11.9. The van der Waals surface area contributed by atoms with Crippen LogP contribution in [0, 0.1) is 0 Å². The Bertz CT molecular complexity index is 199. The fourth-order valence-corrected chi connectivity index (χ4v) is 1.01. The number of hydrogen-bond acceptors (Lipinski definition) is 3. The molecule has 0 saturated heterocycles. The van der Waals surface area contributed by atoms with E-state index in [-0.39, 0.29) is 8.03 Å². The van der Waals surface area contributed by atoms with Crippen LogP contribution in [0.25, 0.3) is 0 Å². The van der Waals surface area contributed by atoms with Crippen molar-refractivity contribution in [3.8, 4) is 0 Å². The number of nitrogens with zero attached hydrogens (tertiary/aromatic N) is 2. The van der Waals surface area contributed by atoms with E-state index in [4.69, 9.17) is 5.11 Å². The van der Waals surface area contributed by atoms with Crippen molar-refractivity contribution in [3.63, 3.8) is 0 Å². The second kappa shape index (κ2) is 6.55. The van der Waals surface area contributed by atoms with E-state index in [0.29, 0.717) is 0 Å². The molecule has 8 heteroatoms. The van der Waals surface area contributed by atoms with E-state index in [1.54, 1.807) is 0 Å². The van der Waals surface area contributed by atoms with Gasteiger partial charge in [0, 0.05) is 32.6 Å². The highest BCUT2D eigenvalue weighted by Crippen LogP contribution is 2.06. The van der Waals surface area contributed by atoms with E-state index in [0.717, 1.165) is 19.6 Å². The van der Waals surface area contributed by atoms with Gasteiger partial charge in [0.25, 0.3) is 0 Å². The van der Waals surface area contributed by atoms with Crippen LogP contribution in [0.15, 0.2) is 12.4 Å². The normalized spacial score (nSPS) is 15.3. The predicted molar refractivity (Wildman–Crippen MR) is 51.5 cm³/mol. The molecule has 3 nitrogen and oxygen atoms in total. The first-order valence-electron chi connectivity index (χ1n) is 4.43. The molecule has 0 spiro atoms. The summed E-state index contributed by atoms with van der Waals surface area (Å²) in [5, 5.41) is 8.53. The largest absolute Gasteiger partial charge is 1.00 e. The molecule has 15 heavy (non-hydrogen) atoms. The average Bonchev–Trinajstić information content (AvgIpc) is 2.45. The smallest absolute Gasteiger partial charge is 0.418 e. The molecular formula is C7H15BF4N2O. The van der Waals surface area contributed by atoms with E-state index in [9.17, 15) is 17.3 Å². The molecule has 0 aromatic rings. The summed E-state index contributed by atoms with van der Waals surface area (Å²) in [6.07, 6.45) is 4.95. The first kappa shape index (κ1) is 14.1. The number of halogens is 4. The topological polar surface area (TPSA) is 26.7 Å². The first-order valence-corrected chi connectivity index (χ1v) is 4.43. The van der Waals surface area contributed by atoms with Crippen LogP contribution in [0.4, 0.5) is 17.3 Å². The number of aliphatic hydroxyl groups is 1. The van der Waals surface area contributed by atoms with Crippen molar-refractivity contribution in [2.75, 3.05) is 26.9 Å². The van der Waals surface area contributed by atoms with Gasteiger partial charge in [0.15, 0.2) is 0 Å². The lowest BCUT2D eigenvalue weighted by Gasteiger charge is -2.16. The van der Waals surface area contributed by atoms with Crippen LogP contribution in [-0.4, -0.2) is 49.0 Å². The molecule has 1 N–H and O–H groups in total. The summed E-state index contributed by atoms with van der Waals surface area (Å²) in [4.78, 5) is 4.29. The van der Waals surface area contributed by atoms with E-state index < -0.39 is 7.25 Å². The fraction of sp³-hybridized carbons (Fsp3) is 0.714. The minimum atomic E-state index is -6.00. The van der Waals surface area contributed by atoms with Crippen LogP contribution in [0.5, 0.6) is 0 Å². The maximum absolute atomic E-state index is 9.75. The molecule has 0 bridgehead atoms. The Balaban J connectivity index is 0. The Morgan fingerprint density at radius 3 is 2.20 bits per heavy atom. The highest BCUT2D eigenvalue weighted by Gasteiger charge is 2.20. The molecule has 1 rings (SSSR count). The lowest BCUT2D eigenvalue weighted by Crippen LogP contribution is -2.23. The maximum Gasteiger partial charge on any atom is 1.00 e. The van der Waals surface area contributed by atoms with Crippen molar-refractivity contribution in [2.24, 2.45) is 0 Å². The third-order valence-electron chi connectivity index (χ3n) is 1.54. The Hall–Kier alpha value is -0.915. The van der Waals surface area contributed by atoms with Crippen molar-refractivity contribution in [1.29, 1.82) is 0 Å². The third-order valence-corrected chi connectivity index (χ3v) is 1.54. The molecule has 1 aliphatic heterocycles. The Labute approximate surface area is 87.6 Å². The van der Waals surface area contributed by atoms with E-state index in [1.165, 1.54) is 0 Å². The van der Waals surface area contributed by atoms with Crippen LogP contribution < -0.4 is 0 Å². The number of rotatable bonds is 3. The van der Waals surface area contributed by atoms with Gasteiger partial charge in [0.05, 0.1) is 6.67 Å². The molecule has 0 fully saturated rings. The van der Waals surface area contributed by atoms with Gasteiger partial charge in [0.2, 0.25) is 0 Å². The molecule has 0 saturated carbocycles. The predicted octanol–water partition coefficient (Wildman–Crippen LogP) is 1.46. The zero-order valence-electron chi connectivity index (χ0n) is 9.41. The van der Waals surface area contributed by atoms with E-state index in [2.05, 4.69) is 16.0 Å². The molecule has 0 aromatic heterocycles. The quantitative estimate of drug-likeness (QED) is 0.587. The molecule has 0 radical (unpaired) electrons. The van der Waals surface area contributed by atoms with Crippen LogP contribution in [0.2, 0.25) is 0 Å². The van der Waals surface area contributed by atoms with Crippen molar-refractivity contribution in [1.82, 2.24) is 9.80 Å². The lowest BCUT2D eigenvalue weighted by atomic mass is 10.3. The van der Waals surface area contributed by atoms with Gasteiger partial charge in [-0.1, -0.05) is 0 Å². The summed E-state index contributed by atoms with van der Waals surface area (Å²) < 4.78 is 39.0. The maximum atomic E-state index is 9.75. The SMILES string of the molecule is CN1C=CN(CCCO)C1.F[B-](F)(F)F.[H+]. The lowest BCUT2D eigenvalue weighted by molar-refractivity contribution is 0.241. The van der Waals surface area contributed by atoms with Gasteiger partial charge >= 0.3 is 8.68 Å². The molecular weight excluding hydrogens is 215 g/mol. The van der Waals surface area contributed by atoms with E-state index in [1.807, 2.05) is 13.2 Å². The van der Waals surface area contributed by atoms with Crippen molar-refractivity contribution < 1.29 is 23.8 Å². The monoisotopic (exact) mass is 230 g/mol. The molecule has 0 atom stereocenters. The van der Waals surface area contributed by atoms with Gasteiger partial charge in [0.1, 0.15) is 0 Å². The summed E-state index contributed by atoms with van der Waals surface area (Å²) in [5.41, 5.74) is 0. The van der Waals surface area contributed by atoms with Gasteiger partial charge in [-0.2, -0.15) is 0 Å². The third kappa shape index (κ3) is 11.0. The van der Waals surface area contributed by atoms with Gasteiger partial charge < -0.3 is 32.2 Å². The summed E-state index contributed by atoms with van der Waals surface area (Å²) in [7, 11) is -3.96. The summed E-state index contributed by atoms with van der Waals surface area (Å²) in [5.74, 6) is 0. The van der Waals surface area contributed by atoms with Gasteiger partial charge in [-0.3, -0.25) is 0 Å². The van der Waals surface area contributed by atoms with Gasteiger partial charge in [-0.25, -0.2) is 0 Å². The second-order valence-electron chi connectivity index (χ2n) is 3.08. The molecule has 1 aliphatic rings. The Morgan fingerprint density at radius 2 is 1.87 bits per heavy atom. The zero-order valence-corrected chi connectivity index (χ0v) is 8.41. The molecule has 0 aromatic carbocycles. The molecule has 90 valence electrons. The minimum Gasteiger partial charge on any atom is -0.418 e. The van der Waals surface area contributed by atoms with Crippen LogP contribution in [-0.2, 0) is 0 Å². The Kier molecular flexibility index (Phi) is 6.15. The van der Waals surface area contributed by atoms with E-state index >= 15 is 0 Å². The van der Waals surface area contributed by atoms with Crippen LogP contribution in [0.1, 0.15) is 7.85 Å². The van der Waals surface area contributed by atoms with Crippen molar-refractivity contribution in [2.45, 2.75) is 6.42 Å². The summed E-state index contributed by atoms with van der Waals surface area (Å²) in [6, 6.07) is 0. The highest BCUT2D eigenvalue weighted by atomic mass is 19.5. The second-order valence-corrected chi connectivity index (χ2v) is 3.08. The first-order chi connectivity index (χ1) is 6.83. The van der Waals surface area contributed by atoms with Gasteiger partial charge in [-0.05, 0) is 6.42 Å². The van der Waals surface area contributed by atoms with Crippen LogP contribution in [0.3, 0.4) is 0 Å². The highest BCUT2D eigenvalue weighted by molar-refractivity contribution is 6.50.